The molecular formula is C16H12N4S. The molecule has 0 amide bonds. The minimum absolute atomic E-state index is 0.571. The lowest BCUT2D eigenvalue weighted by Crippen LogP contribution is -1.83. The molecular weight excluding hydrogens is 280 g/mol. The Kier molecular flexibility index (Phi) is 3.63. The quantitative estimate of drug-likeness (QED) is 0.741. The maximum Gasteiger partial charge on any atom is 0.101 e. The molecule has 0 radical (unpaired) electrons. The van der Waals surface area contributed by atoms with Gasteiger partial charge in [-0.2, -0.15) is 10.4 Å². The molecule has 0 atom stereocenters. The van der Waals surface area contributed by atoms with Crippen LogP contribution in [0, 0.1) is 11.3 Å². The van der Waals surface area contributed by atoms with Gasteiger partial charge in [0.05, 0.1) is 17.5 Å². The van der Waals surface area contributed by atoms with Gasteiger partial charge in [-0.15, -0.1) is 11.3 Å². The summed E-state index contributed by atoms with van der Waals surface area (Å²) in [4.78, 5) is 6.56. The van der Waals surface area contributed by atoms with E-state index in [9.17, 15) is 0 Å². The monoisotopic (exact) mass is 292 g/mol. The Morgan fingerprint density at radius 1 is 1.19 bits per heavy atom. The van der Waals surface area contributed by atoms with E-state index in [2.05, 4.69) is 28.3 Å². The molecule has 0 aliphatic carbocycles. The first-order valence-corrected chi connectivity index (χ1v) is 7.19. The highest BCUT2D eigenvalue weighted by atomic mass is 32.1. The molecule has 0 N–H and O–H groups in total. The van der Waals surface area contributed by atoms with Crippen LogP contribution < -0.4 is 0 Å². The van der Waals surface area contributed by atoms with E-state index in [-0.39, 0.29) is 0 Å². The summed E-state index contributed by atoms with van der Waals surface area (Å²) < 4.78 is 1.80. The fraction of sp³-hybridized carbons (Fsp3) is 0.0625. The Bertz CT molecular complexity index is 819. The van der Waals surface area contributed by atoms with Crippen molar-refractivity contribution < 1.29 is 0 Å². The molecule has 5 heteroatoms. The third-order valence-electron chi connectivity index (χ3n) is 2.95. The molecule has 0 saturated carbocycles. The third kappa shape index (κ3) is 3.07. The minimum Gasteiger partial charge on any atom is -0.275 e. The maximum atomic E-state index is 8.74. The first-order chi connectivity index (χ1) is 10.2. The van der Waals surface area contributed by atoms with Gasteiger partial charge >= 0.3 is 0 Å². The van der Waals surface area contributed by atoms with Gasteiger partial charge in [-0.25, -0.2) is 0 Å². The lowest BCUT2D eigenvalue weighted by Gasteiger charge is -1.92. The Balaban J connectivity index is 1.77. The van der Waals surface area contributed by atoms with Gasteiger partial charge in [0.25, 0.3) is 0 Å². The van der Waals surface area contributed by atoms with E-state index in [1.165, 1.54) is 4.88 Å². The lowest BCUT2D eigenvalue weighted by molar-refractivity contribution is 0.768. The van der Waals surface area contributed by atoms with Crippen molar-refractivity contribution in [2.45, 2.75) is 0 Å². The van der Waals surface area contributed by atoms with Crippen molar-refractivity contribution in [2.24, 2.45) is 7.05 Å². The largest absolute Gasteiger partial charge is 0.275 e. The van der Waals surface area contributed by atoms with Gasteiger partial charge in [0.2, 0.25) is 0 Å². The number of nitrogens with zero attached hydrogens (tertiary/aromatic N) is 4. The highest BCUT2D eigenvalue weighted by molar-refractivity contribution is 7.16. The predicted octanol–water partition coefficient (Wildman–Crippen LogP) is 3.59. The number of nitriles is 1. The van der Waals surface area contributed by atoms with Crippen molar-refractivity contribution in [2.75, 3.05) is 0 Å². The van der Waals surface area contributed by atoms with Gasteiger partial charge in [0.1, 0.15) is 6.07 Å². The number of thiophene rings is 1. The van der Waals surface area contributed by atoms with Crippen LogP contribution in [-0.4, -0.2) is 14.8 Å². The summed E-state index contributed by atoms with van der Waals surface area (Å²) in [5.74, 6) is 0. The summed E-state index contributed by atoms with van der Waals surface area (Å²) in [5, 5.41) is 12.9. The molecule has 3 aromatic rings. The zero-order valence-corrected chi connectivity index (χ0v) is 12.2. The Morgan fingerprint density at radius 2 is 2.10 bits per heavy atom. The molecule has 0 aromatic carbocycles. The Labute approximate surface area is 126 Å². The van der Waals surface area contributed by atoms with Crippen molar-refractivity contribution in [1.29, 1.82) is 5.26 Å². The average Bonchev–Trinajstić information content (AvgIpc) is 3.14. The number of hydrogen-bond acceptors (Lipinski definition) is 4. The van der Waals surface area contributed by atoms with E-state index in [1.54, 1.807) is 28.3 Å². The summed E-state index contributed by atoms with van der Waals surface area (Å²) in [5.41, 5.74) is 2.53. The van der Waals surface area contributed by atoms with Gasteiger partial charge in [-0.1, -0.05) is 0 Å². The molecule has 0 unspecified atom stereocenters. The predicted molar refractivity (Wildman–Crippen MR) is 84.4 cm³/mol. The van der Waals surface area contributed by atoms with Gasteiger partial charge < -0.3 is 0 Å². The average molecular weight is 292 g/mol. The van der Waals surface area contributed by atoms with Gasteiger partial charge in [-0.05, 0) is 36.4 Å². The topological polar surface area (TPSA) is 54.5 Å². The number of hydrogen-bond donors (Lipinski definition) is 0. The van der Waals surface area contributed by atoms with Crippen LogP contribution in [0.5, 0.6) is 0 Å². The summed E-state index contributed by atoms with van der Waals surface area (Å²) in [6.07, 6.45) is 9.41. The summed E-state index contributed by atoms with van der Waals surface area (Å²) >= 11 is 1.71. The van der Waals surface area contributed by atoms with Crippen LogP contribution in [0.4, 0.5) is 0 Å². The van der Waals surface area contributed by atoms with Gasteiger partial charge in [-0.3, -0.25) is 9.67 Å². The van der Waals surface area contributed by atoms with E-state index in [0.717, 1.165) is 16.1 Å². The molecule has 0 bridgehead atoms. The molecule has 0 aliphatic rings. The molecule has 0 saturated heterocycles. The molecule has 0 spiro atoms. The number of aryl methyl sites for hydroxylation is 1. The van der Waals surface area contributed by atoms with Crippen LogP contribution in [0.1, 0.15) is 16.1 Å². The second-order valence-corrected chi connectivity index (χ2v) is 5.64. The van der Waals surface area contributed by atoms with E-state index >= 15 is 0 Å². The number of pyridine rings is 1. The molecule has 21 heavy (non-hydrogen) atoms. The summed E-state index contributed by atoms with van der Waals surface area (Å²) in [7, 11) is 1.91. The molecule has 3 heterocycles. The van der Waals surface area contributed by atoms with Crippen LogP contribution >= 0.6 is 11.3 Å². The maximum absolute atomic E-state index is 8.74. The van der Waals surface area contributed by atoms with Crippen molar-refractivity contribution >= 4 is 23.5 Å². The fourth-order valence-corrected chi connectivity index (χ4v) is 2.77. The smallest absolute Gasteiger partial charge is 0.101 e. The molecule has 3 rings (SSSR count). The van der Waals surface area contributed by atoms with Crippen LogP contribution in [-0.2, 0) is 7.05 Å². The molecule has 3 aromatic heterocycles. The van der Waals surface area contributed by atoms with Crippen LogP contribution in [0.25, 0.3) is 22.6 Å². The molecule has 0 aliphatic heterocycles. The number of aromatic nitrogens is 3. The number of rotatable bonds is 3. The fourth-order valence-electron chi connectivity index (χ4n) is 1.88. The highest BCUT2D eigenvalue weighted by Gasteiger charge is 2.03. The zero-order chi connectivity index (χ0) is 14.7. The van der Waals surface area contributed by atoms with Crippen molar-refractivity contribution in [3.63, 3.8) is 0 Å². The van der Waals surface area contributed by atoms with Crippen molar-refractivity contribution in [3.8, 4) is 16.5 Å². The normalized spacial score (nSPS) is 10.9. The molecule has 102 valence electrons. The lowest BCUT2D eigenvalue weighted by atomic mass is 10.2. The van der Waals surface area contributed by atoms with E-state index in [0.29, 0.717) is 5.56 Å². The molecule has 0 fully saturated rings. The standard InChI is InChI=1S/C16H12N4S/c1-20-11-13(10-19-20)16-7-6-15(21-16)5-4-14-3-2-12(8-17)9-18-14/h2-7,9-11H,1H3. The van der Waals surface area contributed by atoms with Gasteiger partial charge in [0.15, 0.2) is 0 Å². The van der Waals surface area contributed by atoms with Crippen LogP contribution in [0.3, 0.4) is 0 Å². The van der Waals surface area contributed by atoms with E-state index in [4.69, 9.17) is 5.26 Å². The third-order valence-corrected chi connectivity index (χ3v) is 4.05. The minimum atomic E-state index is 0.571. The zero-order valence-electron chi connectivity index (χ0n) is 11.4. The first kappa shape index (κ1) is 13.3. The summed E-state index contributed by atoms with van der Waals surface area (Å²) in [6.45, 7) is 0. The van der Waals surface area contributed by atoms with E-state index in [1.807, 2.05) is 37.7 Å². The molecule has 4 nitrogen and oxygen atoms in total. The second-order valence-electron chi connectivity index (χ2n) is 4.52. The van der Waals surface area contributed by atoms with Crippen molar-refractivity contribution in [3.05, 3.63) is 59.0 Å². The second kappa shape index (κ2) is 5.73. The SMILES string of the molecule is Cn1cc(-c2ccc(C=Cc3ccc(C#N)cn3)s2)cn1. The Hall–Kier alpha value is -2.71. The van der Waals surface area contributed by atoms with E-state index < -0.39 is 0 Å². The van der Waals surface area contributed by atoms with Gasteiger partial charge in [0, 0.05) is 34.8 Å². The van der Waals surface area contributed by atoms with Crippen LogP contribution in [0.15, 0.2) is 42.9 Å². The highest BCUT2D eigenvalue weighted by Crippen LogP contribution is 2.28. The van der Waals surface area contributed by atoms with Crippen molar-refractivity contribution in [1.82, 2.24) is 14.8 Å². The van der Waals surface area contributed by atoms with Crippen LogP contribution in [0.2, 0.25) is 0 Å². The summed E-state index contributed by atoms with van der Waals surface area (Å²) in [6, 6.07) is 9.83. The Morgan fingerprint density at radius 3 is 2.76 bits per heavy atom. The first-order valence-electron chi connectivity index (χ1n) is 6.38.